The number of aromatic nitrogens is 1. The maximum absolute atomic E-state index is 12.4. The highest BCUT2D eigenvalue weighted by Gasteiger charge is 2.13. The molecule has 0 aliphatic carbocycles. The number of rotatable bonds is 7. The van der Waals surface area contributed by atoms with Gasteiger partial charge in [-0.15, -0.1) is 0 Å². The summed E-state index contributed by atoms with van der Waals surface area (Å²) in [5, 5.41) is 4.00. The molecule has 3 heterocycles. The lowest BCUT2D eigenvalue weighted by Gasteiger charge is -2.18. The lowest BCUT2D eigenvalue weighted by atomic mass is 10.2. The summed E-state index contributed by atoms with van der Waals surface area (Å²) in [6, 6.07) is 20.8. The van der Waals surface area contributed by atoms with Gasteiger partial charge in [-0.2, -0.15) is 5.10 Å². The van der Waals surface area contributed by atoms with E-state index in [0.29, 0.717) is 36.2 Å². The number of aryl methyl sites for hydroxylation is 2. The molecule has 0 bridgehead atoms. The maximum atomic E-state index is 12.4. The van der Waals surface area contributed by atoms with Crippen LogP contribution in [0.25, 0.3) is 5.69 Å². The molecule has 0 atom stereocenters. The number of nitrogens with zero attached hydrogens (tertiary/aromatic N) is 2. The van der Waals surface area contributed by atoms with Crippen LogP contribution in [-0.4, -0.2) is 29.9 Å². The quantitative estimate of drug-likeness (QED) is 0.309. The highest BCUT2D eigenvalue weighted by molar-refractivity contribution is 5.92. The van der Waals surface area contributed by atoms with Crippen LogP contribution in [0.1, 0.15) is 33.3 Å². The van der Waals surface area contributed by atoms with E-state index in [4.69, 9.17) is 18.6 Å². The second-order valence-corrected chi connectivity index (χ2v) is 8.10. The number of benzene rings is 2. The lowest BCUT2D eigenvalue weighted by molar-refractivity contribution is 0.0923. The predicted octanol–water partition coefficient (Wildman–Crippen LogP) is 4.80. The third-order valence-corrected chi connectivity index (χ3v) is 5.58. The van der Waals surface area contributed by atoms with E-state index < -0.39 is 5.91 Å². The minimum Gasteiger partial charge on any atom is -0.486 e. The van der Waals surface area contributed by atoms with E-state index in [1.807, 2.05) is 36.4 Å². The number of carbonyl (C=O) groups excluding carboxylic acids is 1. The summed E-state index contributed by atoms with van der Waals surface area (Å²) < 4.78 is 24.6. The van der Waals surface area contributed by atoms with Gasteiger partial charge >= 0.3 is 5.91 Å². The van der Waals surface area contributed by atoms with Crippen LogP contribution in [0.4, 0.5) is 0 Å². The zero-order chi connectivity index (χ0) is 24.2. The van der Waals surface area contributed by atoms with Gasteiger partial charge in [0, 0.05) is 17.1 Å². The highest BCUT2D eigenvalue weighted by Crippen LogP contribution is 2.30. The Balaban J connectivity index is 1.14. The van der Waals surface area contributed by atoms with Crippen molar-refractivity contribution < 1.29 is 23.4 Å². The van der Waals surface area contributed by atoms with Gasteiger partial charge in [0.15, 0.2) is 17.3 Å². The highest BCUT2D eigenvalue weighted by atomic mass is 16.6. The number of hydrogen-bond donors (Lipinski definition) is 1. The Labute approximate surface area is 202 Å². The fourth-order valence-corrected chi connectivity index (χ4v) is 3.86. The average Bonchev–Trinajstić information content (AvgIpc) is 3.49. The molecule has 35 heavy (non-hydrogen) atoms. The maximum Gasteiger partial charge on any atom is 0.307 e. The van der Waals surface area contributed by atoms with Gasteiger partial charge in [0.2, 0.25) is 0 Å². The Morgan fingerprint density at radius 3 is 2.49 bits per heavy atom. The third-order valence-electron chi connectivity index (χ3n) is 5.58. The Kier molecular flexibility index (Phi) is 6.26. The molecule has 8 nitrogen and oxygen atoms in total. The molecule has 5 rings (SSSR count). The van der Waals surface area contributed by atoms with Crippen molar-refractivity contribution in [3.8, 4) is 22.9 Å². The van der Waals surface area contributed by atoms with E-state index in [1.165, 1.54) is 17.6 Å². The number of carbonyl (C=O) groups is 1. The summed E-state index contributed by atoms with van der Waals surface area (Å²) in [6.45, 7) is 5.40. The van der Waals surface area contributed by atoms with Gasteiger partial charge in [-0.1, -0.05) is 0 Å². The Hall–Kier alpha value is -4.46. The fraction of sp³-hybridized carbons (Fsp3) is 0.185. The topological polar surface area (TPSA) is 87.2 Å². The molecule has 4 aromatic rings. The van der Waals surface area contributed by atoms with Gasteiger partial charge in [0.25, 0.3) is 0 Å². The van der Waals surface area contributed by atoms with Gasteiger partial charge in [-0.25, -0.2) is 5.43 Å². The first kappa shape index (κ1) is 22.3. The SMILES string of the molecule is Cc1ccc(C)n1-c1ccc(OCc2ccc(C(=O)N/N=C/c3ccc4c(c3)OCCO4)o2)cc1. The first-order chi connectivity index (χ1) is 17.1. The second-order valence-electron chi connectivity index (χ2n) is 8.10. The summed E-state index contributed by atoms with van der Waals surface area (Å²) in [5.41, 5.74) is 6.66. The van der Waals surface area contributed by atoms with Gasteiger partial charge in [-0.3, -0.25) is 4.79 Å². The summed E-state index contributed by atoms with van der Waals surface area (Å²) in [4.78, 5) is 12.4. The summed E-state index contributed by atoms with van der Waals surface area (Å²) >= 11 is 0. The van der Waals surface area contributed by atoms with Crippen molar-refractivity contribution in [3.05, 3.63) is 95.2 Å². The lowest BCUT2D eigenvalue weighted by Crippen LogP contribution is -2.17. The van der Waals surface area contributed by atoms with E-state index in [0.717, 1.165) is 11.3 Å². The molecule has 0 unspecified atom stereocenters. The molecule has 1 aliphatic heterocycles. The second kappa shape index (κ2) is 9.80. The normalized spacial score (nSPS) is 12.6. The molecule has 0 saturated carbocycles. The zero-order valence-corrected chi connectivity index (χ0v) is 19.5. The molecule has 8 heteroatoms. The van der Waals surface area contributed by atoms with E-state index >= 15 is 0 Å². The molecule has 1 amide bonds. The first-order valence-electron chi connectivity index (χ1n) is 11.3. The predicted molar refractivity (Wildman–Crippen MR) is 131 cm³/mol. The molecule has 2 aromatic heterocycles. The van der Waals surface area contributed by atoms with Crippen molar-refractivity contribution in [2.24, 2.45) is 5.10 Å². The Bertz CT molecular complexity index is 1350. The number of amides is 1. The van der Waals surface area contributed by atoms with Crippen molar-refractivity contribution in [3.63, 3.8) is 0 Å². The molecule has 2 aromatic carbocycles. The van der Waals surface area contributed by atoms with Crippen molar-refractivity contribution in [2.75, 3.05) is 13.2 Å². The van der Waals surface area contributed by atoms with Crippen LogP contribution >= 0.6 is 0 Å². The van der Waals surface area contributed by atoms with Crippen molar-refractivity contribution in [1.82, 2.24) is 9.99 Å². The molecule has 0 radical (unpaired) electrons. The largest absolute Gasteiger partial charge is 0.486 e. The smallest absolute Gasteiger partial charge is 0.307 e. The van der Waals surface area contributed by atoms with Crippen molar-refractivity contribution in [1.29, 1.82) is 0 Å². The third kappa shape index (κ3) is 5.06. The molecular weight excluding hydrogens is 446 g/mol. The van der Waals surface area contributed by atoms with Gasteiger partial charge in [0.1, 0.15) is 31.3 Å². The zero-order valence-electron chi connectivity index (χ0n) is 19.5. The van der Waals surface area contributed by atoms with Crippen LogP contribution in [0.5, 0.6) is 17.2 Å². The van der Waals surface area contributed by atoms with E-state index in [9.17, 15) is 4.79 Å². The van der Waals surface area contributed by atoms with Crippen LogP contribution in [0.2, 0.25) is 0 Å². The minimum absolute atomic E-state index is 0.150. The summed E-state index contributed by atoms with van der Waals surface area (Å²) in [5.74, 6) is 2.30. The van der Waals surface area contributed by atoms with E-state index in [1.54, 1.807) is 18.2 Å². The van der Waals surface area contributed by atoms with Gasteiger partial charge < -0.3 is 23.2 Å². The van der Waals surface area contributed by atoms with Gasteiger partial charge in [0.05, 0.1) is 6.21 Å². The molecule has 0 saturated heterocycles. The molecule has 1 N–H and O–H groups in total. The van der Waals surface area contributed by atoms with Crippen molar-refractivity contribution >= 4 is 12.1 Å². The molecular formula is C27H25N3O5. The van der Waals surface area contributed by atoms with Crippen molar-refractivity contribution in [2.45, 2.75) is 20.5 Å². The van der Waals surface area contributed by atoms with Crippen LogP contribution in [0.3, 0.4) is 0 Å². The monoisotopic (exact) mass is 471 g/mol. The Morgan fingerprint density at radius 1 is 0.971 bits per heavy atom. The van der Waals surface area contributed by atoms with E-state index in [2.05, 4.69) is 41.1 Å². The molecule has 1 aliphatic rings. The number of nitrogens with one attached hydrogen (secondary N) is 1. The summed E-state index contributed by atoms with van der Waals surface area (Å²) in [6.07, 6.45) is 1.53. The first-order valence-corrected chi connectivity index (χ1v) is 11.3. The molecule has 178 valence electrons. The summed E-state index contributed by atoms with van der Waals surface area (Å²) in [7, 11) is 0. The van der Waals surface area contributed by atoms with Crippen LogP contribution in [-0.2, 0) is 6.61 Å². The number of hydrogen-bond acceptors (Lipinski definition) is 6. The molecule has 0 fully saturated rings. The van der Waals surface area contributed by atoms with Crippen LogP contribution in [0.15, 0.2) is 76.2 Å². The minimum atomic E-state index is -0.452. The Morgan fingerprint density at radius 2 is 1.71 bits per heavy atom. The van der Waals surface area contributed by atoms with Crippen LogP contribution in [0, 0.1) is 13.8 Å². The van der Waals surface area contributed by atoms with Crippen LogP contribution < -0.4 is 19.6 Å². The molecule has 0 spiro atoms. The average molecular weight is 472 g/mol. The number of hydrazone groups is 1. The fourth-order valence-electron chi connectivity index (χ4n) is 3.86. The number of fused-ring (bicyclic) bond motifs is 1. The number of furan rings is 1. The standard InChI is InChI=1S/C27H25N3O5/c1-18-3-4-19(2)30(18)21-6-8-22(9-7-21)34-17-23-10-12-25(35-23)27(31)29-28-16-20-5-11-24-26(15-20)33-14-13-32-24/h3-12,15-16H,13-14,17H2,1-2H3,(H,29,31)/b28-16+. The number of ether oxygens (including phenoxy) is 3. The van der Waals surface area contributed by atoms with E-state index in [-0.39, 0.29) is 12.4 Å². The van der Waals surface area contributed by atoms with Gasteiger partial charge in [-0.05, 0) is 86.1 Å².